The maximum atomic E-state index is 12.4. The van der Waals surface area contributed by atoms with Crippen molar-refractivity contribution in [1.82, 2.24) is 5.32 Å². The van der Waals surface area contributed by atoms with Gasteiger partial charge in [-0.15, -0.1) is 6.42 Å². The van der Waals surface area contributed by atoms with Crippen LogP contribution in [0.1, 0.15) is 22.3 Å². The van der Waals surface area contributed by atoms with Gasteiger partial charge in [0.25, 0.3) is 5.91 Å². The number of methoxy groups -OCH3 is 3. The molecule has 2 N–H and O–H groups in total. The molecule has 7 heteroatoms. The van der Waals surface area contributed by atoms with E-state index in [0.29, 0.717) is 34.9 Å². The molecule has 0 aliphatic carbocycles. The number of hydrogen-bond acceptors (Lipinski definition) is 5. The van der Waals surface area contributed by atoms with Gasteiger partial charge < -0.3 is 24.8 Å². The Morgan fingerprint density at radius 3 is 2.28 bits per heavy atom. The van der Waals surface area contributed by atoms with Crippen LogP contribution in [-0.4, -0.2) is 39.7 Å². The van der Waals surface area contributed by atoms with E-state index in [1.54, 1.807) is 36.4 Å². The molecule has 0 aromatic heterocycles. The van der Waals surface area contributed by atoms with Crippen molar-refractivity contribution in [2.75, 3.05) is 33.2 Å². The number of aryl methyl sites for hydroxylation is 1. The molecular weight excluding hydrogens is 372 g/mol. The molecule has 0 fully saturated rings. The number of para-hydroxylation sites is 1. The van der Waals surface area contributed by atoms with Gasteiger partial charge in [-0.25, -0.2) is 0 Å². The van der Waals surface area contributed by atoms with Crippen molar-refractivity contribution in [2.24, 2.45) is 0 Å². The summed E-state index contributed by atoms with van der Waals surface area (Å²) in [4.78, 5) is 24.6. The molecule has 2 aromatic carbocycles. The highest BCUT2D eigenvalue weighted by Gasteiger charge is 2.15. The summed E-state index contributed by atoms with van der Waals surface area (Å²) in [6.45, 7) is 0.113. The predicted octanol–water partition coefficient (Wildman–Crippen LogP) is 2.65. The largest absolute Gasteiger partial charge is 0.493 e. The van der Waals surface area contributed by atoms with E-state index in [0.717, 1.165) is 5.56 Å². The number of rotatable bonds is 9. The zero-order valence-electron chi connectivity index (χ0n) is 16.7. The maximum absolute atomic E-state index is 12.4. The Bertz CT molecular complexity index is 893. The Balaban J connectivity index is 2.08. The fourth-order valence-electron chi connectivity index (χ4n) is 2.77. The summed E-state index contributed by atoms with van der Waals surface area (Å²) in [6.07, 6.45) is 5.83. The minimum atomic E-state index is -0.344. The summed E-state index contributed by atoms with van der Waals surface area (Å²) in [5, 5.41) is 5.37. The Kier molecular flexibility index (Phi) is 7.92. The van der Waals surface area contributed by atoms with Crippen LogP contribution in [-0.2, 0) is 11.2 Å². The summed E-state index contributed by atoms with van der Waals surface area (Å²) in [5.74, 6) is 3.32. The zero-order chi connectivity index (χ0) is 21.2. The third-order valence-electron chi connectivity index (χ3n) is 4.16. The van der Waals surface area contributed by atoms with E-state index in [1.807, 2.05) is 0 Å². The number of carbonyl (C=O) groups is 2. The fourth-order valence-corrected chi connectivity index (χ4v) is 2.77. The second-order valence-corrected chi connectivity index (χ2v) is 6.01. The highest BCUT2D eigenvalue weighted by Crippen LogP contribution is 2.38. The van der Waals surface area contributed by atoms with Crippen LogP contribution in [0, 0.1) is 12.3 Å². The average Bonchev–Trinajstić information content (AvgIpc) is 2.75. The van der Waals surface area contributed by atoms with E-state index in [4.69, 9.17) is 20.6 Å². The van der Waals surface area contributed by atoms with Crippen molar-refractivity contribution in [3.8, 4) is 29.6 Å². The number of terminal acetylenes is 1. The number of benzene rings is 2. The molecule has 29 heavy (non-hydrogen) atoms. The SMILES string of the molecule is C#CCNC(=O)c1ccccc1NC(=O)CCc1cc(OC)c(OC)c(OC)c1. The smallest absolute Gasteiger partial charge is 0.254 e. The van der Waals surface area contributed by atoms with E-state index in [9.17, 15) is 9.59 Å². The monoisotopic (exact) mass is 396 g/mol. The summed E-state index contributed by atoms with van der Waals surface area (Å²) in [6, 6.07) is 10.4. The number of hydrogen-bond donors (Lipinski definition) is 2. The van der Waals surface area contributed by atoms with Gasteiger partial charge in [0.2, 0.25) is 11.7 Å². The van der Waals surface area contributed by atoms with E-state index in [2.05, 4.69) is 16.6 Å². The molecular formula is C22H24N2O5. The number of carbonyl (C=O) groups excluding carboxylic acids is 2. The molecule has 0 saturated carbocycles. The minimum absolute atomic E-state index is 0.113. The second-order valence-electron chi connectivity index (χ2n) is 6.01. The summed E-state index contributed by atoms with van der Waals surface area (Å²) in [7, 11) is 4.61. The first-order chi connectivity index (χ1) is 14.0. The summed E-state index contributed by atoms with van der Waals surface area (Å²) >= 11 is 0. The van der Waals surface area contributed by atoms with Crippen LogP contribution >= 0.6 is 0 Å². The standard InChI is InChI=1S/C22H24N2O5/c1-5-12-23-22(26)16-8-6-7-9-17(16)24-20(25)11-10-15-13-18(27-2)21(29-4)19(14-15)28-3/h1,6-9,13-14H,10-12H2,2-4H3,(H,23,26)(H,24,25). The lowest BCUT2D eigenvalue weighted by molar-refractivity contribution is -0.116. The maximum Gasteiger partial charge on any atom is 0.254 e. The van der Waals surface area contributed by atoms with Gasteiger partial charge in [-0.1, -0.05) is 18.1 Å². The predicted molar refractivity (Wildman–Crippen MR) is 111 cm³/mol. The average molecular weight is 396 g/mol. The third-order valence-corrected chi connectivity index (χ3v) is 4.16. The molecule has 2 aromatic rings. The highest BCUT2D eigenvalue weighted by molar-refractivity contribution is 6.03. The Morgan fingerprint density at radius 1 is 1.03 bits per heavy atom. The van der Waals surface area contributed by atoms with Crippen molar-refractivity contribution in [3.63, 3.8) is 0 Å². The van der Waals surface area contributed by atoms with Crippen molar-refractivity contribution >= 4 is 17.5 Å². The Hall–Kier alpha value is -3.66. The lowest BCUT2D eigenvalue weighted by Crippen LogP contribution is -2.25. The molecule has 2 amide bonds. The molecule has 7 nitrogen and oxygen atoms in total. The molecule has 0 aliphatic heterocycles. The first-order valence-corrected chi connectivity index (χ1v) is 8.93. The molecule has 2 rings (SSSR count). The van der Waals surface area contributed by atoms with E-state index in [-0.39, 0.29) is 24.8 Å². The molecule has 0 unspecified atom stereocenters. The van der Waals surface area contributed by atoms with E-state index < -0.39 is 0 Å². The van der Waals surface area contributed by atoms with Gasteiger partial charge in [-0.2, -0.15) is 0 Å². The lowest BCUT2D eigenvalue weighted by atomic mass is 10.1. The molecule has 0 atom stereocenters. The van der Waals surface area contributed by atoms with Crippen LogP contribution in [0.3, 0.4) is 0 Å². The Morgan fingerprint density at radius 2 is 1.69 bits per heavy atom. The van der Waals surface area contributed by atoms with Crippen LogP contribution in [0.2, 0.25) is 0 Å². The normalized spacial score (nSPS) is 9.86. The Labute approximate surface area is 170 Å². The van der Waals surface area contributed by atoms with Gasteiger partial charge in [-0.3, -0.25) is 9.59 Å². The van der Waals surface area contributed by atoms with Gasteiger partial charge in [0, 0.05) is 6.42 Å². The third kappa shape index (κ3) is 5.66. The van der Waals surface area contributed by atoms with Crippen molar-refractivity contribution in [1.29, 1.82) is 0 Å². The molecule has 0 bridgehead atoms. The van der Waals surface area contributed by atoms with Crippen LogP contribution in [0.4, 0.5) is 5.69 Å². The van der Waals surface area contributed by atoms with Crippen molar-refractivity contribution in [2.45, 2.75) is 12.8 Å². The summed E-state index contributed by atoms with van der Waals surface area (Å²) in [5.41, 5.74) is 1.63. The van der Waals surface area contributed by atoms with Gasteiger partial charge in [0.1, 0.15) is 0 Å². The van der Waals surface area contributed by atoms with Crippen molar-refractivity contribution in [3.05, 3.63) is 47.5 Å². The number of amides is 2. The van der Waals surface area contributed by atoms with Crippen LogP contribution in [0.25, 0.3) is 0 Å². The van der Waals surface area contributed by atoms with Gasteiger partial charge in [0.05, 0.1) is 39.1 Å². The van der Waals surface area contributed by atoms with E-state index >= 15 is 0 Å². The minimum Gasteiger partial charge on any atom is -0.493 e. The molecule has 0 saturated heterocycles. The number of ether oxygens (including phenoxy) is 3. The molecule has 0 spiro atoms. The van der Waals surface area contributed by atoms with E-state index in [1.165, 1.54) is 21.3 Å². The topological polar surface area (TPSA) is 85.9 Å². The number of nitrogens with one attached hydrogen (secondary N) is 2. The molecule has 0 aliphatic rings. The zero-order valence-corrected chi connectivity index (χ0v) is 16.7. The van der Waals surface area contributed by atoms with Crippen molar-refractivity contribution < 1.29 is 23.8 Å². The quantitative estimate of drug-likeness (QED) is 0.637. The van der Waals surface area contributed by atoms with Gasteiger partial charge in [0.15, 0.2) is 11.5 Å². The molecule has 152 valence electrons. The molecule has 0 radical (unpaired) electrons. The van der Waals surface area contributed by atoms with Crippen LogP contribution in [0.5, 0.6) is 17.2 Å². The molecule has 0 heterocycles. The van der Waals surface area contributed by atoms with Gasteiger partial charge in [-0.05, 0) is 36.2 Å². The fraction of sp³-hybridized carbons (Fsp3) is 0.273. The number of anilines is 1. The van der Waals surface area contributed by atoms with Crippen LogP contribution < -0.4 is 24.8 Å². The van der Waals surface area contributed by atoms with Crippen LogP contribution in [0.15, 0.2) is 36.4 Å². The highest BCUT2D eigenvalue weighted by atomic mass is 16.5. The first kappa shape index (κ1) is 21.6. The summed E-state index contributed by atoms with van der Waals surface area (Å²) < 4.78 is 16.0. The lowest BCUT2D eigenvalue weighted by Gasteiger charge is -2.14. The second kappa shape index (κ2) is 10.6. The van der Waals surface area contributed by atoms with Gasteiger partial charge >= 0.3 is 0 Å². The first-order valence-electron chi connectivity index (χ1n) is 8.93.